The van der Waals surface area contributed by atoms with Gasteiger partial charge in [-0.3, -0.25) is 4.79 Å². The number of halogens is 1. The Morgan fingerprint density at radius 2 is 1.50 bits per heavy atom. The number of hydrogen-bond acceptors (Lipinski definition) is 6. The molecule has 3 aromatic carbocycles. The van der Waals surface area contributed by atoms with Crippen LogP contribution < -0.4 is 4.74 Å². The number of benzene rings is 3. The molecule has 0 spiro atoms. The highest BCUT2D eigenvalue weighted by atomic mass is 79.9. The van der Waals surface area contributed by atoms with Gasteiger partial charge >= 0.3 is 11.9 Å². The van der Waals surface area contributed by atoms with E-state index in [1.165, 1.54) is 36.4 Å². The van der Waals surface area contributed by atoms with Gasteiger partial charge in [0.25, 0.3) is 0 Å². The summed E-state index contributed by atoms with van der Waals surface area (Å²) in [7, 11) is 0. The van der Waals surface area contributed by atoms with Crippen molar-refractivity contribution in [1.29, 1.82) is 0 Å². The zero-order valence-corrected chi connectivity index (χ0v) is 17.5. The van der Waals surface area contributed by atoms with Crippen LogP contribution in [0.25, 0.3) is 0 Å². The lowest BCUT2D eigenvalue weighted by atomic mass is 10.1. The fraction of sp³-hybridized carbons (Fsp3) is 0.0870. The molecule has 30 heavy (non-hydrogen) atoms. The van der Waals surface area contributed by atoms with Crippen molar-refractivity contribution >= 4 is 33.7 Å². The molecular formula is C23H17BrO6. The van der Waals surface area contributed by atoms with Crippen LogP contribution in [0.4, 0.5) is 0 Å². The molecule has 0 radical (unpaired) electrons. The maximum Gasteiger partial charge on any atom is 0.343 e. The highest BCUT2D eigenvalue weighted by molar-refractivity contribution is 9.10. The number of Topliss-reactive ketones (excluding diaryl/α,β-unsaturated/α-hetero) is 1. The zero-order chi connectivity index (χ0) is 21.7. The molecule has 7 heteroatoms. The Labute approximate surface area is 181 Å². The predicted octanol–water partition coefficient (Wildman–Crippen LogP) is 4.72. The number of aromatic hydroxyl groups is 1. The molecule has 0 fully saturated rings. The van der Waals surface area contributed by atoms with Crippen molar-refractivity contribution in [2.75, 3.05) is 6.61 Å². The number of aryl methyl sites for hydroxylation is 1. The van der Waals surface area contributed by atoms with E-state index >= 15 is 0 Å². The van der Waals surface area contributed by atoms with Crippen LogP contribution in [0, 0.1) is 6.92 Å². The maximum absolute atomic E-state index is 12.3. The molecule has 0 saturated heterocycles. The van der Waals surface area contributed by atoms with Crippen LogP contribution in [-0.2, 0) is 4.74 Å². The Balaban J connectivity index is 1.58. The molecule has 152 valence electrons. The SMILES string of the molecule is Cc1ccc(C(=O)Oc2ccc(C(=O)COC(=O)c3cc(Br)ccc3O)cc2)cc1. The average Bonchev–Trinajstić information content (AvgIpc) is 2.74. The Morgan fingerprint density at radius 1 is 0.867 bits per heavy atom. The summed E-state index contributed by atoms with van der Waals surface area (Å²) < 4.78 is 10.9. The van der Waals surface area contributed by atoms with Crippen molar-refractivity contribution in [2.24, 2.45) is 0 Å². The monoisotopic (exact) mass is 468 g/mol. The van der Waals surface area contributed by atoms with Crippen molar-refractivity contribution < 1.29 is 29.0 Å². The third-order valence-corrected chi connectivity index (χ3v) is 4.68. The first-order valence-electron chi connectivity index (χ1n) is 8.91. The Hall–Kier alpha value is -3.45. The number of carbonyl (C=O) groups is 3. The van der Waals surface area contributed by atoms with Gasteiger partial charge in [0.05, 0.1) is 5.56 Å². The van der Waals surface area contributed by atoms with Crippen LogP contribution in [0.3, 0.4) is 0 Å². The third-order valence-electron chi connectivity index (χ3n) is 4.19. The van der Waals surface area contributed by atoms with Crippen molar-refractivity contribution in [1.82, 2.24) is 0 Å². The molecule has 3 aromatic rings. The van der Waals surface area contributed by atoms with Crippen LogP contribution in [0.2, 0.25) is 0 Å². The molecule has 0 aliphatic carbocycles. The van der Waals surface area contributed by atoms with Crippen LogP contribution in [-0.4, -0.2) is 29.4 Å². The molecule has 0 bridgehead atoms. The molecule has 1 N–H and O–H groups in total. The molecule has 0 atom stereocenters. The van der Waals surface area contributed by atoms with Gasteiger partial charge in [-0.15, -0.1) is 0 Å². The van der Waals surface area contributed by atoms with Gasteiger partial charge in [-0.25, -0.2) is 9.59 Å². The number of ketones is 1. The molecule has 0 aliphatic rings. The van der Waals surface area contributed by atoms with Crippen LogP contribution in [0.5, 0.6) is 11.5 Å². The van der Waals surface area contributed by atoms with E-state index in [1.54, 1.807) is 18.2 Å². The van der Waals surface area contributed by atoms with Crippen molar-refractivity contribution in [3.63, 3.8) is 0 Å². The van der Waals surface area contributed by atoms with Gasteiger partial charge in [0.1, 0.15) is 17.1 Å². The fourth-order valence-electron chi connectivity index (χ4n) is 2.53. The number of hydrogen-bond donors (Lipinski definition) is 1. The average molecular weight is 469 g/mol. The van der Waals surface area contributed by atoms with Gasteiger partial charge in [-0.2, -0.15) is 0 Å². The number of ether oxygens (including phenoxy) is 2. The van der Waals surface area contributed by atoms with Crippen LogP contribution in [0.15, 0.2) is 71.2 Å². The van der Waals surface area contributed by atoms with Crippen LogP contribution in [0.1, 0.15) is 36.6 Å². The first-order chi connectivity index (χ1) is 14.3. The number of phenols is 1. The van der Waals surface area contributed by atoms with Crippen molar-refractivity contribution in [3.8, 4) is 11.5 Å². The number of rotatable bonds is 6. The predicted molar refractivity (Wildman–Crippen MR) is 113 cm³/mol. The first-order valence-corrected chi connectivity index (χ1v) is 9.70. The minimum absolute atomic E-state index is 0.0458. The van der Waals surface area contributed by atoms with Gasteiger partial charge in [0.15, 0.2) is 12.4 Å². The molecule has 0 aliphatic heterocycles. The summed E-state index contributed by atoms with van der Waals surface area (Å²) in [6.07, 6.45) is 0. The summed E-state index contributed by atoms with van der Waals surface area (Å²) in [5.41, 5.74) is 1.70. The Kier molecular flexibility index (Phi) is 6.64. The Morgan fingerprint density at radius 3 is 2.17 bits per heavy atom. The molecule has 6 nitrogen and oxygen atoms in total. The highest BCUT2D eigenvalue weighted by Crippen LogP contribution is 2.23. The second kappa shape index (κ2) is 9.37. The second-order valence-electron chi connectivity index (χ2n) is 6.44. The normalized spacial score (nSPS) is 10.3. The molecule has 0 amide bonds. The van der Waals surface area contributed by atoms with Gasteiger partial charge in [0, 0.05) is 10.0 Å². The minimum atomic E-state index is -0.814. The largest absolute Gasteiger partial charge is 0.507 e. The number of phenolic OH excluding ortho intramolecular Hbond substituents is 1. The van der Waals surface area contributed by atoms with Gasteiger partial charge in [0.2, 0.25) is 0 Å². The van der Waals surface area contributed by atoms with E-state index in [4.69, 9.17) is 9.47 Å². The van der Waals surface area contributed by atoms with E-state index < -0.39 is 24.3 Å². The lowest BCUT2D eigenvalue weighted by molar-refractivity contribution is 0.0471. The van der Waals surface area contributed by atoms with E-state index in [-0.39, 0.29) is 22.6 Å². The highest BCUT2D eigenvalue weighted by Gasteiger charge is 2.16. The molecule has 0 aromatic heterocycles. The summed E-state index contributed by atoms with van der Waals surface area (Å²) in [4.78, 5) is 36.5. The van der Waals surface area contributed by atoms with Crippen molar-refractivity contribution in [2.45, 2.75) is 6.92 Å². The molecular weight excluding hydrogens is 452 g/mol. The minimum Gasteiger partial charge on any atom is -0.507 e. The summed E-state index contributed by atoms with van der Waals surface area (Å²) in [5.74, 6) is -1.71. The molecule has 0 unspecified atom stereocenters. The van der Waals surface area contributed by atoms with E-state index in [9.17, 15) is 19.5 Å². The lowest BCUT2D eigenvalue weighted by Gasteiger charge is -2.08. The van der Waals surface area contributed by atoms with Crippen molar-refractivity contribution in [3.05, 3.63) is 93.5 Å². The summed E-state index contributed by atoms with van der Waals surface area (Å²) in [5, 5.41) is 9.74. The van der Waals surface area contributed by atoms with Gasteiger partial charge in [-0.1, -0.05) is 33.6 Å². The first kappa shape index (κ1) is 21.3. The smallest absolute Gasteiger partial charge is 0.343 e. The molecule has 3 rings (SSSR count). The van der Waals surface area contributed by atoms with E-state index in [0.717, 1.165) is 5.56 Å². The Bertz CT molecular complexity index is 1090. The standard InChI is InChI=1S/C23H17BrO6/c1-14-2-4-16(5-3-14)22(27)30-18-9-6-15(7-10-18)21(26)13-29-23(28)19-12-17(24)8-11-20(19)25/h2-12,25H,13H2,1H3. The van der Waals surface area contributed by atoms with E-state index in [2.05, 4.69) is 15.9 Å². The topological polar surface area (TPSA) is 89.9 Å². The lowest BCUT2D eigenvalue weighted by Crippen LogP contribution is -2.14. The van der Waals surface area contributed by atoms with Gasteiger partial charge in [-0.05, 0) is 61.5 Å². The maximum atomic E-state index is 12.3. The third kappa shape index (κ3) is 5.33. The summed E-state index contributed by atoms with van der Waals surface area (Å²) in [6.45, 7) is 1.43. The number of esters is 2. The quantitative estimate of drug-likeness (QED) is 0.319. The van der Waals surface area contributed by atoms with E-state index in [0.29, 0.717) is 10.0 Å². The van der Waals surface area contributed by atoms with Gasteiger partial charge < -0.3 is 14.6 Å². The molecule has 0 saturated carbocycles. The second-order valence-corrected chi connectivity index (χ2v) is 7.36. The summed E-state index contributed by atoms with van der Waals surface area (Å²) >= 11 is 3.20. The summed E-state index contributed by atoms with van der Waals surface area (Å²) in [6, 6.07) is 17.2. The van der Waals surface area contributed by atoms with E-state index in [1.807, 2.05) is 19.1 Å². The fourth-order valence-corrected chi connectivity index (χ4v) is 2.89. The van der Waals surface area contributed by atoms with Crippen LogP contribution >= 0.6 is 15.9 Å². The zero-order valence-electron chi connectivity index (χ0n) is 15.9. The molecule has 0 heterocycles. The number of carbonyl (C=O) groups excluding carboxylic acids is 3.